The van der Waals surface area contributed by atoms with Crippen molar-refractivity contribution in [2.45, 2.75) is 44.9 Å². The monoisotopic (exact) mass is 403 g/mol. The number of hydrogen-bond donors (Lipinski definition) is 2. The van der Waals surface area contributed by atoms with Crippen LogP contribution >= 0.6 is 0 Å². The SMILES string of the molecule is CC(C)Nc1cc(Nc2cnn(C3CC3)c2)nc(-c2cccc(C(F)(F)F)n2)n1. The van der Waals surface area contributed by atoms with Gasteiger partial charge in [0.2, 0.25) is 0 Å². The van der Waals surface area contributed by atoms with Crippen molar-refractivity contribution < 1.29 is 13.2 Å². The van der Waals surface area contributed by atoms with Gasteiger partial charge in [-0.15, -0.1) is 0 Å². The minimum atomic E-state index is -4.54. The lowest BCUT2D eigenvalue weighted by Gasteiger charge is -2.13. The van der Waals surface area contributed by atoms with Crippen molar-refractivity contribution in [1.82, 2.24) is 24.7 Å². The van der Waals surface area contributed by atoms with Crippen LogP contribution in [0, 0.1) is 0 Å². The summed E-state index contributed by atoms with van der Waals surface area (Å²) < 4.78 is 41.0. The Balaban J connectivity index is 1.68. The van der Waals surface area contributed by atoms with E-state index in [1.165, 1.54) is 12.1 Å². The van der Waals surface area contributed by atoms with Gasteiger partial charge in [0.25, 0.3) is 0 Å². The molecule has 2 N–H and O–H groups in total. The first-order chi connectivity index (χ1) is 13.8. The minimum absolute atomic E-state index is 0.0453. The Morgan fingerprint density at radius 3 is 2.55 bits per heavy atom. The fraction of sp³-hybridized carbons (Fsp3) is 0.368. The molecule has 0 radical (unpaired) electrons. The van der Waals surface area contributed by atoms with E-state index in [-0.39, 0.29) is 17.6 Å². The van der Waals surface area contributed by atoms with Crippen LogP contribution in [-0.2, 0) is 6.18 Å². The molecule has 3 aromatic rings. The highest BCUT2D eigenvalue weighted by atomic mass is 19.4. The third-order valence-electron chi connectivity index (χ3n) is 4.23. The molecule has 0 spiro atoms. The van der Waals surface area contributed by atoms with Gasteiger partial charge in [-0.1, -0.05) is 6.07 Å². The maximum Gasteiger partial charge on any atom is 0.433 e. The molecule has 0 aliphatic heterocycles. The summed E-state index contributed by atoms with van der Waals surface area (Å²) in [6.45, 7) is 3.88. The lowest BCUT2D eigenvalue weighted by molar-refractivity contribution is -0.141. The van der Waals surface area contributed by atoms with Gasteiger partial charge >= 0.3 is 6.18 Å². The van der Waals surface area contributed by atoms with E-state index in [0.717, 1.165) is 24.6 Å². The average molecular weight is 403 g/mol. The average Bonchev–Trinajstić information content (AvgIpc) is 3.40. The van der Waals surface area contributed by atoms with Crippen molar-refractivity contribution in [2.24, 2.45) is 0 Å². The van der Waals surface area contributed by atoms with Gasteiger partial charge in [0, 0.05) is 18.3 Å². The van der Waals surface area contributed by atoms with Crippen molar-refractivity contribution >= 4 is 17.3 Å². The zero-order chi connectivity index (χ0) is 20.6. The Kier molecular flexibility index (Phi) is 4.85. The minimum Gasteiger partial charge on any atom is -0.368 e. The molecule has 4 rings (SSSR count). The van der Waals surface area contributed by atoms with Crippen LogP contribution in [-0.4, -0.2) is 30.8 Å². The summed E-state index contributed by atoms with van der Waals surface area (Å²) in [7, 11) is 0. The Morgan fingerprint density at radius 2 is 1.86 bits per heavy atom. The second-order valence-electron chi connectivity index (χ2n) is 7.23. The molecule has 0 amide bonds. The number of hydrogen-bond acceptors (Lipinski definition) is 6. The van der Waals surface area contributed by atoms with Crippen LogP contribution in [0.4, 0.5) is 30.5 Å². The lowest BCUT2D eigenvalue weighted by atomic mass is 10.2. The third-order valence-corrected chi connectivity index (χ3v) is 4.23. The third kappa shape index (κ3) is 4.64. The summed E-state index contributed by atoms with van der Waals surface area (Å²) in [4.78, 5) is 12.4. The summed E-state index contributed by atoms with van der Waals surface area (Å²) in [5, 5.41) is 10.6. The molecule has 29 heavy (non-hydrogen) atoms. The quantitative estimate of drug-likeness (QED) is 0.624. The molecular formula is C19H20F3N7. The molecular weight excluding hydrogens is 383 g/mol. The predicted octanol–water partition coefficient (Wildman–Crippen LogP) is 4.65. The highest BCUT2D eigenvalue weighted by Gasteiger charge is 2.32. The summed E-state index contributed by atoms with van der Waals surface area (Å²) in [5.74, 6) is 1.02. The van der Waals surface area contributed by atoms with E-state index in [9.17, 15) is 13.2 Å². The maximum absolute atomic E-state index is 13.0. The Hall–Kier alpha value is -3.17. The van der Waals surface area contributed by atoms with Crippen molar-refractivity contribution in [3.63, 3.8) is 0 Å². The van der Waals surface area contributed by atoms with E-state index < -0.39 is 11.9 Å². The van der Waals surface area contributed by atoms with Crippen LogP contribution in [0.1, 0.15) is 38.4 Å². The van der Waals surface area contributed by atoms with Gasteiger partial charge < -0.3 is 10.6 Å². The van der Waals surface area contributed by atoms with Crippen LogP contribution in [0.2, 0.25) is 0 Å². The Morgan fingerprint density at radius 1 is 1.10 bits per heavy atom. The molecule has 1 saturated carbocycles. The van der Waals surface area contributed by atoms with E-state index in [2.05, 4.69) is 30.7 Å². The number of pyridine rings is 1. The number of halogens is 3. The first-order valence-electron chi connectivity index (χ1n) is 9.29. The summed E-state index contributed by atoms with van der Waals surface area (Å²) in [5.41, 5.74) is -0.195. The first-order valence-corrected chi connectivity index (χ1v) is 9.29. The first kappa shape index (κ1) is 19.2. The standard InChI is InChI=1S/C19H20F3N7/c1-11(2)24-16-8-17(25-12-9-23-29(10-12)13-6-7-13)28-18(27-16)14-4-3-5-15(26-14)19(20,21)22/h3-5,8-11,13H,6-7H2,1-2H3,(H2,24,25,27,28). The fourth-order valence-electron chi connectivity index (χ4n) is 2.80. The second-order valence-corrected chi connectivity index (χ2v) is 7.23. The van der Waals surface area contributed by atoms with Gasteiger partial charge in [-0.2, -0.15) is 18.3 Å². The molecule has 1 fully saturated rings. The van der Waals surface area contributed by atoms with Gasteiger partial charge in [0.05, 0.1) is 17.9 Å². The molecule has 7 nitrogen and oxygen atoms in total. The number of rotatable bonds is 6. The molecule has 3 heterocycles. The molecule has 0 aromatic carbocycles. The van der Waals surface area contributed by atoms with E-state index >= 15 is 0 Å². The number of alkyl halides is 3. The van der Waals surface area contributed by atoms with Crippen molar-refractivity contribution in [1.29, 1.82) is 0 Å². The fourth-order valence-corrected chi connectivity index (χ4v) is 2.80. The van der Waals surface area contributed by atoms with Crippen LogP contribution in [0.3, 0.4) is 0 Å². The van der Waals surface area contributed by atoms with E-state index in [1.807, 2.05) is 24.7 Å². The zero-order valence-electron chi connectivity index (χ0n) is 15.9. The number of nitrogens with one attached hydrogen (secondary N) is 2. The Bertz CT molecular complexity index is 1010. The number of anilines is 3. The predicted molar refractivity (Wildman–Crippen MR) is 103 cm³/mol. The summed E-state index contributed by atoms with van der Waals surface area (Å²) in [6.07, 6.45) is 1.27. The number of nitrogens with zero attached hydrogens (tertiary/aromatic N) is 5. The molecule has 1 aliphatic rings. The zero-order valence-corrected chi connectivity index (χ0v) is 15.9. The maximum atomic E-state index is 13.0. The van der Waals surface area contributed by atoms with Crippen LogP contribution in [0.15, 0.2) is 36.7 Å². The van der Waals surface area contributed by atoms with E-state index in [0.29, 0.717) is 17.7 Å². The van der Waals surface area contributed by atoms with Crippen LogP contribution in [0.5, 0.6) is 0 Å². The van der Waals surface area contributed by atoms with Gasteiger partial charge in [-0.3, -0.25) is 4.68 Å². The van der Waals surface area contributed by atoms with Crippen molar-refractivity contribution in [2.75, 3.05) is 10.6 Å². The summed E-state index contributed by atoms with van der Waals surface area (Å²) >= 11 is 0. The molecule has 0 saturated heterocycles. The number of aromatic nitrogens is 5. The molecule has 10 heteroatoms. The summed E-state index contributed by atoms with van der Waals surface area (Å²) in [6, 6.07) is 5.90. The molecule has 152 valence electrons. The van der Waals surface area contributed by atoms with E-state index in [1.54, 1.807) is 12.3 Å². The van der Waals surface area contributed by atoms with Crippen molar-refractivity contribution in [3.05, 3.63) is 42.4 Å². The van der Waals surface area contributed by atoms with Gasteiger partial charge in [-0.05, 0) is 38.8 Å². The topological polar surface area (TPSA) is 80.5 Å². The Labute approximate surface area is 165 Å². The van der Waals surface area contributed by atoms with E-state index in [4.69, 9.17) is 0 Å². The molecule has 0 atom stereocenters. The smallest absolute Gasteiger partial charge is 0.368 e. The van der Waals surface area contributed by atoms with Gasteiger partial charge in [0.1, 0.15) is 23.0 Å². The highest BCUT2D eigenvalue weighted by Crippen LogP contribution is 2.35. The van der Waals surface area contributed by atoms with Gasteiger partial charge in [0.15, 0.2) is 5.82 Å². The largest absolute Gasteiger partial charge is 0.433 e. The van der Waals surface area contributed by atoms with Gasteiger partial charge in [-0.25, -0.2) is 15.0 Å². The van der Waals surface area contributed by atoms with Crippen molar-refractivity contribution in [3.8, 4) is 11.5 Å². The normalized spacial score (nSPS) is 14.3. The highest BCUT2D eigenvalue weighted by molar-refractivity contribution is 5.63. The molecule has 0 bridgehead atoms. The second kappa shape index (κ2) is 7.34. The van der Waals surface area contributed by atoms with Crippen LogP contribution in [0.25, 0.3) is 11.5 Å². The molecule has 0 unspecified atom stereocenters. The lowest BCUT2D eigenvalue weighted by Crippen LogP contribution is -2.13. The molecule has 1 aliphatic carbocycles. The molecule has 3 aromatic heterocycles. The van der Waals surface area contributed by atoms with Crippen LogP contribution < -0.4 is 10.6 Å².